The van der Waals surface area contributed by atoms with Crippen LogP contribution in [0.5, 0.6) is 5.75 Å². The molecule has 61 heavy (non-hydrogen) atoms. The Balaban J connectivity index is 0.00000147. The van der Waals surface area contributed by atoms with E-state index in [1.807, 2.05) is 38.1 Å². The highest BCUT2D eigenvalue weighted by Crippen LogP contribution is 2.40. The second-order valence-electron chi connectivity index (χ2n) is 18.1. The molecule has 1 aromatic heterocycles. The SMILES string of the molecule is CC.CC1(Oc2ccc3[nH]nc(C4=CC(N5CCN(CC6(F)CCN(CC7CCN(c8ccc9c(c8)CN(C8CCC(=O)NC8=O)C9=O)CC7)CC6)CC5)=NCN4)c3c2)CC1.[HH].[HH]. The molecule has 0 radical (unpaired) electrons. The van der Waals surface area contributed by atoms with Gasteiger partial charge in [-0.25, -0.2) is 9.38 Å². The number of hydrogen-bond acceptors (Lipinski definition) is 11. The Kier molecular flexibility index (Phi) is 11.5. The summed E-state index contributed by atoms with van der Waals surface area (Å²) < 4.78 is 22.6. The van der Waals surface area contributed by atoms with Crippen molar-refractivity contribution in [1.29, 1.82) is 0 Å². The number of carbonyl (C=O) groups excluding carboxylic acids is 3. The molecule has 15 heteroatoms. The normalized spacial score (nSPS) is 24.4. The number of carbonyl (C=O) groups is 3. The highest BCUT2D eigenvalue weighted by molar-refractivity contribution is 6.06. The van der Waals surface area contributed by atoms with Crippen LogP contribution in [0.2, 0.25) is 0 Å². The van der Waals surface area contributed by atoms with E-state index in [2.05, 4.69) is 65.6 Å². The molecule has 14 nitrogen and oxygen atoms in total. The summed E-state index contributed by atoms with van der Waals surface area (Å²) in [4.78, 5) is 53.1. The van der Waals surface area contributed by atoms with Gasteiger partial charge in [-0.05, 0) is 99.7 Å². The van der Waals surface area contributed by atoms with Crippen molar-refractivity contribution >= 4 is 45.8 Å². The Hall–Kier alpha value is -5.02. The third-order valence-electron chi connectivity index (χ3n) is 13.9. The molecule has 5 fully saturated rings. The van der Waals surface area contributed by atoms with Crippen molar-refractivity contribution in [3.05, 3.63) is 59.3 Å². The van der Waals surface area contributed by atoms with Gasteiger partial charge in [-0.1, -0.05) is 13.8 Å². The number of halogens is 1. The Labute approximate surface area is 360 Å². The number of aromatic nitrogens is 2. The first-order chi connectivity index (χ1) is 29.6. The van der Waals surface area contributed by atoms with E-state index < -0.39 is 11.7 Å². The maximum atomic E-state index is 16.3. The number of amides is 3. The number of alkyl halides is 1. The first-order valence-corrected chi connectivity index (χ1v) is 22.7. The van der Waals surface area contributed by atoms with Crippen LogP contribution in [0, 0.1) is 5.92 Å². The zero-order valence-electron chi connectivity index (χ0n) is 36.0. The second kappa shape index (κ2) is 17.0. The molecule has 7 heterocycles. The molecule has 4 saturated heterocycles. The molecule has 0 spiro atoms. The molecule has 330 valence electrons. The fourth-order valence-electron chi connectivity index (χ4n) is 9.93. The van der Waals surface area contributed by atoms with Crippen molar-refractivity contribution in [2.75, 3.05) is 77.0 Å². The summed E-state index contributed by atoms with van der Waals surface area (Å²) in [6, 6.07) is 11.5. The lowest BCUT2D eigenvalue weighted by atomic mass is 9.90. The predicted molar refractivity (Wildman–Crippen MR) is 238 cm³/mol. The second-order valence-corrected chi connectivity index (χ2v) is 18.1. The van der Waals surface area contributed by atoms with Gasteiger partial charge < -0.3 is 29.7 Å². The van der Waals surface area contributed by atoms with E-state index >= 15 is 4.39 Å². The molecule has 2 aromatic carbocycles. The van der Waals surface area contributed by atoms with Crippen LogP contribution >= 0.6 is 0 Å². The number of aliphatic imine (C=N–C) groups is 1. The number of ether oxygens (including phenoxy) is 1. The molecule has 3 N–H and O–H groups in total. The molecule has 3 aromatic rings. The van der Waals surface area contributed by atoms with Crippen molar-refractivity contribution in [1.82, 2.24) is 40.4 Å². The van der Waals surface area contributed by atoms with Gasteiger partial charge in [-0.3, -0.25) is 29.7 Å². The summed E-state index contributed by atoms with van der Waals surface area (Å²) >= 11 is 0. The van der Waals surface area contributed by atoms with Crippen molar-refractivity contribution in [3.8, 4) is 5.75 Å². The molecular formula is C46H65FN10O4. The fraction of sp³-hybridized carbons (Fsp3) is 0.587. The maximum Gasteiger partial charge on any atom is 0.255 e. The number of piperazine rings is 1. The van der Waals surface area contributed by atoms with Crippen molar-refractivity contribution in [3.63, 3.8) is 0 Å². The highest BCUT2D eigenvalue weighted by Gasteiger charge is 2.42. The molecule has 3 amide bonds. The summed E-state index contributed by atoms with van der Waals surface area (Å²) in [6.45, 7) is 15.3. The van der Waals surface area contributed by atoms with Crippen molar-refractivity contribution in [2.45, 2.75) is 96.0 Å². The minimum atomic E-state index is -1.16. The maximum absolute atomic E-state index is 16.3. The third kappa shape index (κ3) is 8.86. The van der Waals surface area contributed by atoms with E-state index in [9.17, 15) is 14.4 Å². The number of likely N-dealkylation sites (tertiary alicyclic amines) is 1. The van der Waals surface area contributed by atoms with E-state index in [0.717, 1.165) is 130 Å². The van der Waals surface area contributed by atoms with Crippen LogP contribution in [0.15, 0.2) is 47.5 Å². The molecule has 7 aliphatic rings. The van der Waals surface area contributed by atoms with E-state index in [-0.39, 0.29) is 32.6 Å². The van der Waals surface area contributed by atoms with Gasteiger partial charge in [0.25, 0.3) is 5.91 Å². The number of H-pyrrole nitrogens is 1. The number of benzene rings is 2. The van der Waals surface area contributed by atoms with Gasteiger partial charge in [0.05, 0.1) is 11.2 Å². The van der Waals surface area contributed by atoms with Gasteiger partial charge in [0.15, 0.2) is 0 Å². The van der Waals surface area contributed by atoms with Gasteiger partial charge in [-0.2, -0.15) is 5.10 Å². The summed E-state index contributed by atoms with van der Waals surface area (Å²) in [5.74, 6) is 1.59. The molecule has 1 atom stereocenters. The van der Waals surface area contributed by atoms with E-state index in [1.165, 1.54) is 0 Å². The lowest BCUT2D eigenvalue weighted by Gasteiger charge is -2.43. The van der Waals surface area contributed by atoms with Crippen molar-refractivity contribution < 1.29 is 26.4 Å². The fourth-order valence-corrected chi connectivity index (χ4v) is 9.93. The monoisotopic (exact) mass is 841 g/mol. The first kappa shape index (κ1) is 41.3. The number of rotatable bonds is 9. The number of piperidine rings is 3. The number of hydrogen-bond donors (Lipinski definition) is 3. The Morgan fingerprint density at radius 2 is 1.66 bits per heavy atom. The van der Waals surface area contributed by atoms with Gasteiger partial charge >= 0.3 is 0 Å². The molecule has 1 unspecified atom stereocenters. The lowest BCUT2D eigenvalue weighted by molar-refractivity contribution is -0.136. The number of nitrogens with one attached hydrogen (secondary N) is 3. The number of imide groups is 1. The number of nitrogens with zero attached hydrogens (tertiary/aromatic N) is 7. The zero-order valence-corrected chi connectivity index (χ0v) is 36.0. The minimum absolute atomic E-state index is 0. The standard InChI is InChI=1S/C44H55FN10O4.C2H6.2H2/c1-43(10-11-43)59-32-3-5-35-34(23-32)40(50-49-35)36-24-38(47-28-46-36)54-20-18-52(19-21-54)27-44(45)12-16-51(17-13-44)25-29-8-14-53(15-9-29)31-2-4-33-30(22-31)26-55(42(33)58)37-6-7-39(56)48-41(37)57;1-2;;/h2-5,22-24,29,37,46H,6-21,25-28H2,1H3,(H,49,50)(H,48,56,57);1-2H3;2*1H. The van der Waals surface area contributed by atoms with Crippen LogP contribution in [0.3, 0.4) is 0 Å². The first-order valence-electron chi connectivity index (χ1n) is 22.7. The smallest absolute Gasteiger partial charge is 0.255 e. The van der Waals surface area contributed by atoms with E-state index in [1.54, 1.807) is 4.90 Å². The topological polar surface area (TPSA) is 142 Å². The number of fused-ring (bicyclic) bond motifs is 2. The number of amidine groups is 1. The number of anilines is 1. The Bertz CT molecular complexity index is 2210. The van der Waals surface area contributed by atoms with Crippen LogP contribution in [0.1, 0.15) is 96.6 Å². The Morgan fingerprint density at radius 1 is 0.885 bits per heavy atom. The quantitative estimate of drug-likeness (QED) is 0.240. The van der Waals surface area contributed by atoms with Crippen LogP contribution in [0.25, 0.3) is 16.6 Å². The van der Waals surface area contributed by atoms with Crippen molar-refractivity contribution in [2.24, 2.45) is 10.9 Å². The van der Waals surface area contributed by atoms with Gasteiger partial charge in [0.2, 0.25) is 11.8 Å². The van der Waals surface area contributed by atoms with E-state index in [0.29, 0.717) is 50.5 Å². The van der Waals surface area contributed by atoms with Crippen LogP contribution in [-0.2, 0) is 16.1 Å². The highest BCUT2D eigenvalue weighted by atomic mass is 19.1. The minimum Gasteiger partial charge on any atom is -0.488 e. The molecular weight excluding hydrogens is 776 g/mol. The molecule has 1 saturated carbocycles. The molecule has 10 rings (SSSR count). The predicted octanol–water partition coefficient (Wildman–Crippen LogP) is 5.41. The Morgan fingerprint density at radius 3 is 2.39 bits per heavy atom. The van der Waals surface area contributed by atoms with Gasteiger partial charge in [-0.15, -0.1) is 0 Å². The largest absolute Gasteiger partial charge is 0.488 e. The summed E-state index contributed by atoms with van der Waals surface area (Å²) in [5.41, 5.74) is 4.26. The average molecular weight is 841 g/mol. The zero-order chi connectivity index (χ0) is 42.3. The molecule has 1 aliphatic carbocycles. The van der Waals surface area contributed by atoms with Crippen LogP contribution < -0.4 is 20.3 Å². The summed E-state index contributed by atoms with van der Waals surface area (Å²) in [5, 5.41) is 14.6. The lowest BCUT2D eigenvalue weighted by Crippen LogP contribution is -2.55. The van der Waals surface area contributed by atoms with E-state index in [4.69, 9.17) is 9.73 Å². The summed E-state index contributed by atoms with van der Waals surface area (Å²) in [7, 11) is 0. The van der Waals surface area contributed by atoms with Gasteiger partial charge in [0, 0.05) is 104 Å². The molecule has 6 aliphatic heterocycles. The number of aromatic amines is 1. The summed E-state index contributed by atoms with van der Waals surface area (Å²) in [6.07, 6.45) is 8.17. The third-order valence-corrected chi connectivity index (χ3v) is 13.9. The van der Waals surface area contributed by atoms with Gasteiger partial charge in [0.1, 0.15) is 41.3 Å². The molecule has 0 bridgehead atoms. The van der Waals surface area contributed by atoms with Crippen LogP contribution in [-0.4, -0.2) is 143 Å². The average Bonchev–Trinajstić information content (AvgIpc) is 3.70. The van der Waals surface area contributed by atoms with Crippen LogP contribution in [0.4, 0.5) is 10.1 Å².